The van der Waals surface area contributed by atoms with Gasteiger partial charge in [-0.1, -0.05) is 41.9 Å². The molecule has 4 heteroatoms. The van der Waals surface area contributed by atoms with Gasteiger partial charge in [-0.15, -0.1) is 0 Å². The lowest BCUT2D eigenvalue weighted by Crippen LogP contribution is -2.35. The first-order valence-corrected chi connectivity index (χ1v) is 7.99. The van der Waals surface area contributed by atoms with Gasteiger partial charge in [0.25, 0.3) is 0 Å². The maximum Gasteiger partial charge on any atom is 0.181 e. The highest BCUT2D eigenvalue weighted by molar-refractivity contribution is 6.30. The van der Waals surface area contributed by atoms with Crippen LogP contribution in [0.4, 0.5) is 0 Å². The molecule has 3 nitrogen and oxygen atoms in total. The van der Waals surface area contributed by atoms with Crippen molar-refractivity contribution in [2.75, 3.05) is 7.05 Å². The van der Waals surface area contributed by atoms with Crippen LogP contribution in [-0.4, -0.2) is 28.8 Å². The molecular formula is C19H19ClN2O. The van der Waals surface area contributed by atoms with Crippen molar-refractivity contribution in [3.05, 3.63) is 70.9 Å². The Morgan fingerprint density at radius 1 is 1.22 bits per heavy atom. The lowest BCUT2D eigenvalue weighted by Gasteiger charge is -2.23. The molecule has 0 spiro atoms. The molecule has 1 heterocycles. The number of fused-ring (bicyclic) bond motifs is 1. The van der Waals surface area contributed by atoms with Crippen LogP contribution in [0.15, 0.2) is 54.7 Å². The standard InChI is InChI=1S/C19H19ClN2O/c1-13(22(2)12-14-6-5-7-15(20)10-14)19(23)17-11-21-18-9-4-3-8-16(17)18/h3-11,13,21H,12H2,1-2H3/t13-/m0/s1. The molecule has 0 aliphatic carbocycles. The van der Waals surface area contributed by atoms with Gasteiger partial charge in [0.05, 0.1) is 6.04 Å². The Morgan fingerprint density at radius 3 is 2.78 bits per heavy atom. The van der Waals surface area contributed by atoms with Gasteiger partial charge in [-0.25, -0.2) is 0 Å². The molecule has 23 heavy (non-hydrogen) atoms. The van der Waals surface area contributed by atoms with E-state index in [2.05, 4.69) is 4.98 Å². The SMILES string of the molecule is C[C@@H](C(=O)c1c[nH]c2ccccc12)N(C)Cc1cccc(Cl)c1. The van der Waals surface area contributed by atoms with E-state index >= 15 is 0 Å². The predicted molar refractivity (Wildman–Crippen MR) is 95.0 cm³/mol. The number of halogens is 1. The Labute approximate surface area is 140 Å². The van der Waals surface area contributed by atoms with Gasteiger partial charge >= 0.3 is 0 Å². The number of likely N-dealkylation sites (N-methyl/N-ethyl adjacent to an activating group) is 1. The summed E-state index contributed by atoms with van der Waals surface area (Å²) in [5.41, 5.74) is 2.82. The maximum atomic E-state index is 12.8. The quantitative estimate of drug-likeness (QED) is 0.699. The molecular weight excluding hydrogens is 308 g/mol. The average molecular weight is 327 g/mol. The first-order chi connectivity index (χ1) is 11.1. The zero-order valence-corrected chi connectivity index (χ0v) is 14.0. The summed E-state index contributed by atoms with van der Waals surface area (Å²) >= 11 is 6.03. The number of aromatic nitrogens is 1. The third-order valence-corrected chi connectivity index (χ3v) is 4.45. The van der Waals surface area contributed by atoms with E-state index in [9.17, 15) is 4.79 Å². The monoisotopic (exact) mass is 326 g/mol. The molecule has 0 bridgehead atoms. The normalized spacial score (nSPS) is 12.7. The van der Waals surface area contributed by atoms with Gasteiger partial charge in [-0.2, -0.15) is 0 Å². The zero-order chi connectivity index (χ0) is 16.4. The second-order valence-corrected chi connectivity index (χ2v) is 6.27. The number of hydrogen-bond donors (Lipinski definition) is 1. The van der Waals surface area contributed by atoms with Gasteiger partial charge < -0.3 is 4.98 Å². The van der Waals surface area contributed by atoms with Crippen molar-refractivity contribution in [3.8, 4) is 0 Å². The minimum Gasteiger partial charge on any atom is -0.360 e. The van der Waals surface area contributed by atoms with Crippen molar-refractivity contribution >= 4 is 28.3 Å². The van der Waals surface area contributed by atoms with Gasteiger partial charge in [0, 0.05) is 34.2 Å². The summed E-state index contributed by atoms with van der Waals surface area (Å²) < 4.78 is 0. The number of nitrogens with zero attached hydrogens (tertiary/aromatic N) is 1. The molecule has 0 aliphatic heterocycles. The minimum atomic E-state index is -0.215. The topological polar surface area (TPSA) is 36.1 Å². The fourth-order valence-corrected chi connectivity index (χ4v) is 2.97. The first-order valence-electron chi connectivity index (χ1n) is 7.61. The molecule has 0 saturated heterocycles. The molecule has 118 valence electrons. The number of Topliss-reactive ketones (excluding diaryl/α,β-unsaturated/α-hetero) is 1. The number of nitrogens with one attached hydrogen (secondary N) is 1. The lowest BCUT2D eigenvalue weighted by molar-refractivity contribution is 0.0864. The molecule has 3 aromatic rings. The summed E-state index contributed by atoms with van der Waals surface area (Å²) in [6, 6.07) is 15.4. The minimum absolute atomic E-state index is 0.118. The molecule has 0 unspecified atom stereocenters. The molecule has 0 fully saturated rings. The molecule has 3 rings (SSSR count). The zero-order valence-electron chi connectivity index (χ0n) is 13.2. The van der Waals surface area contributed by atoms with Gasteiger partial charge in [-0.05, 0) is 37.7 Å². The smallest absolute Gasteiger partial charge is 0.181 e. The third-order valence-electron chi connectivity index (χ3n) is 4.22. The Kier molecular flexibility index (Phi) is 4.51. The number of para-hydroxylation sites is 1. The summed E-state index contributed by atoms with van der Waals surface area (Å²) in [5, 5.41) is 1.69. The van der Waals surface area contributed by atoms with Gasteiger partial charge in [0.2, 0.25) is 0 Å². The van der Waals surface area contributed by atoms with Crippen LogP contribution in [0.3, 0.4) is 0 Å². The number of aromatic amines is 1. The van der Waals surface area contributed by atoms with Crippen LogP contribution < -0.4 is 0 Å². The van der Waals surface area contributed by atoms with Crippen molar-refractivity contribution in [2.24, 2.45) is 0 Å². The van der Waals surface area contributed by atoms with Gasteiger partial charge in [0.1, 0.15) is 0 Å². The molecule has 0 radical (unpaired) electrons. The van der Waals surface area contributed by atoms with Crippen LogP contribution in [-0.2, 0) is 6.54 Å². The molecule has 1 atom stereocenters. The number of hydrogen-bond acceptors (Lipinski definition) is 2. The van der Waals surface area contributed by atoms with Gasteiger partial charge in [0.15, 0.2) is 5.78 Å². The Bertz CT molecular complexity index is 840. The number of ketones is 1. The van der Waals surface area contributed by atoms with Crippen molar-refractivity contribution in [2.45, 2.75) is 19.5 Å². The second kappa shape index (κ2) is 6.57. The largest absolute Gasteiger partial charge is 0.360 e. The Hall–Kier alpha value is -2.10. The molecule has 0 aliphatic rings. The fourth-order valence-electron chi connectivity index (χ4n) is 2.76. The van der Waals surface area contributed by atoms with E-state index in [0.717, 1.165) is 22.0 Å². The highest BCUT2D eigenvalue weighted by atomic mass is 35.5. The Balaban J connectivity index is 1.79. The van der Waals surface area contributed by atoms with E-state index in [1.165, 1.54) is 0 Å². The summed E-state index contributed by atoms with van der Waals surface area (Å²) in [5.74, 6) is 0.118. The van der Waals surface area contributed by atoms with Crippen LogP contribution in [0, 0.1) is 0 Å². The number of carbonyl (C=O) groups excluding carboxylic acids is 1. The number of carbonyl (C=O) groups is 1. The molecule has 1 aromatic heterocycles. The number of rotatable bonds is 5. The summed E-state index contributed by atoms with van der Waals surface area (Å²) in [6.07, 6.45) is 1.80. The fraction of sp³-hybridized carbons (Fsp3) is 0.211. The van der Waals surface area contributed by atoms with Crippen molar-refractivity contribution in [1.29, 1.82) is 0 Å². The summed E-state index contributed by atoms with van der Waals surface area (Å²) in [7, 11) is 1.96. The van der Waals surface area contributed by atoms with E-state index < -0.39 is 0 Å². The maximum absolute atomic E-state index is 12.8. The molecule has 0 amide bonds. The summed E-state index contributed by atoms with van der Waals surface area (Å²) in [4.78, 5) is 18.0. The van der Waals surface area contributed by atoms with E-state index in [4.69, 9.17) is 11.6 Å². The van der Waals surface area contributed by atoms with E-state index in [1.807, 2.05) is 67.4 Å². The second-order valence-electron chi connectivity index (χ2n) is 5.83. The van der Waals surface area contributed by atoms with Crippen LogP contribution >= 0.6 is 11.6 Å². The van der Waals surface area contributed by atoms with Crippen molar-refractivity contribution < 1.29 is 4.79 Å². The molecule has 2 aromatic carbocycles. The molecule has 1 N–H and O–H groups in total. The van der Waals surface area contributed by atoms with Gasteiger partial charge in [-0.3, -0.25) is 9.69 Å². The average Bonchev–Trinajstić information content (AvgIpc) is 2.97. The number of H-pyrrole nitrogens is 1. The van der Waals surface area contributed by atoms with Crippen LogP contribution in [0.25, 0.3) is 10.9 Å². The van der Waals surface area contributed by atoms with Crippen LogP contribution in [0.5, 0.6) is 0 Å². The van der Waals surface area contributed by atoms with E-state index in [1.54, 1.807) is 6.20 Å². The first kappa shape index (κ1) is 15.8. The van der Waals surface area contributed by atoms with E-state index in [-0.39, 0.29) is 11.8 Å². The number of benzene rings is 2. The van der Waals surface area contributed by atoms with Crippen LogP contribution in [0.2, 0.25) is 5.02 Å². The highest BCUT2D eigenvalue weighted by Crippen LogP contribution is 2.21. The molecule has 0 saturated carbocycles. The summed E-state index contributed by atoms with van der Waals surface area (Å²) in [6.45, 7) is 2.62. The van der Waals surface area contributed by atoms with Crippen molar-refractivity contribution in [1.82, 2.24) is 9.88 Å². The predicted octanol–water partition coefficient (Wildman–Crippen LogP) is 4.52. The van der Waals surface area contributed by atoms with Crippen molar-refractivity contribution in [3.63, 3.8) is 0 Å². The Morgan fingerprint density at radius 2 is 2.00 bits per heavy atom. The van der Waals surface area contributed by atoms with E-state index in [0.29, 0.717) is 11.6 Å². The lowest BCUT2D eigenvalue weighted by atomic mass is 10.0. The van der Waals surface area contributed by atoms with Crippen LogP contribution in [0.1, 0.15) is 22.8 Å². The highest BCUT2D eigenvalue weighted by Gasteiger charge is 2.22. The third kappa shape index (κ3) is 3.31.